The summed E-state index contributed by atoms with van der Waals surface area (Å²) in [6.07, 6.45) is 3.51. The van der Waals surface area contributed by atoms with Gasteiger partial charge in [0.25, 0.3) is 5.91 Å². The fourth-order valence-corrected chi connectivity index (χ4v) is 2.92. The van der Waals surface area contributed by atoms with Crippen LogP contribution in [0.3, 0.4) is 0 Å². The summed E-state index contributed by atoms with van der Waals surface area (Å²) in [4.78, 5) is 25.7. The average molecular weight is 286 g/mol. The van der Waals surface area contributed by atoms with E-state index in [1.54, 1.807) is 0 Å². The van der Waals surface area contributed by atoms with Crippen LogP contribution in [0.25, 0.3) is 0 Å². The van der Waals surface area contributed by atoms with E-state index < -0.39 is 5.54 Å². The van der Waals surface area contributed by atoms with E-state index >= 15 is 0 Å². The van der Waals surface area contributed by atoms with E-state index in [2.05, 4.69) is 24.9 Å². The molecule has 6 heteroatoms. The minimum absolute atomic E-state index is 0.0705. The van der Waals surface area contributed by atoms with Crippen LogP contribution < -0.4 is 5.32 Å². The number of imide groups is 1. The average Bonchev–Trinajstić information content (AvgIpc) is 2.62. The van der Waals surface area contributed by atoms with E-state index in [0.29, 0.717) is 31.4 Å². The van der Waals surface area contributed by atoms with Gasteiger partial charge >= 0.3 is 6.03 Å². The van der Waals surface area contributed by atoms with Gasteiger partial charge in [0.2, 0.25) is 0 Å². The minimum atomic E-state index is -0.632. The van der Waals surface area contributed by atoms with Crippen molar-refractivity contribution in [2.75, 3.05) is 25.5 Å². The second-order valence-corrected chi connectivity index (χ2v) is 5.93. The molecule has 1 saturated heterocycles. The molecule has 0 bridgehead atoms. The van der Waals surface area contributed by atoms with Crippen LogP contribution in [-0.2, 0) is 9.53 Å². The Hall–Kier alpha value is -0.750. The molecule has 0 unspecified atom stereocenters. The van der Waals surface area contributed by atoms with E-state index in [-0.39, 0.29) is 11.9 Å². The first-order valence-electron chi connectivity index (χ1n) is 6.92. The first-order chi connectivity index (χ1) is 9.09. The smallest absolute Gasteiger partial charge is 0.325 e. The van der Waals surface area contributed by atoms with E-state index in [9.17, 15) is 9.59 Å². The highest BCUT2D eigenvalue weighted by Gasteiger charge is 2.51. The third kappa shape index (κ3) is 3.05. The maximum Gasteiger partial charge on any atom is 0.325 e. The fourth-order valence-electron chi connectivity index (χ4n) is 2.80. The third-order valence-electron chi connectivity index (χ3n) is 4.07. The lowest BCUT2D eigenvalue weighted by atomic mass is 9.77. The van der Waals surface area contributed by atoms with Crippen molar-refractivity contribution in [3.8, 4) is 0 Å². The van der Waals surface area contributed by atoms with Crippen LogP contribution in [0.5, 0.6) is 0 Å². The molecule has 108 valence electrons. The van der Waals surface area contributed by atoms with Gasteiger partial charge < -0.3 is 10.1 Å². The summed E-state index contributed by atoms with van der Waals surface area (Å²) >= 11 is 4.04. The highest BCUT2D eigenvalue weighted by Crippen LogP contribution is 2.36. The Bertz CT molecular complexity index is 354. The molecule has 2 rings (SSSR count). The SMILES string of the molecule is CC1CCC2(CC1)NC(=O)N(CCOCCS)C2=O. The van der Waals surface area contributed by atoms with Gasteiger partial charge in [0.1, 0.15) is 5.54 Å². The molecule has 1 spiro atoms. The number of ether oxygens (including phenoxy) is 1. The van der Waals surface area contributed by atoms with Crippen LogP contribution in [0.2, 0.25) is 0 Å². The molecule has 1 N–H and O–H groups in total. The number of nitrogens with one attached hydrogen (secondary N) is 1. The van der Waals surface area contributed by atoms with Gasteiger partial charge in [0.05, 0.1) is 19.8 Å². The number of rotatable bonds is 5. The standard InChI is InChI=1S/C13H22N2O3S/c1-10-2-4-13(5-3-10)11(16)15(12(17)14-13)6-7-18-8-9-19/h10,19H,2-9H2,1H3,(H,14,17). The Morgan fingerprint density at radius 1 is 1.37 bits per heavy atom. The van der Waals surface area contributed by atoms with Gasteiger partial charge in [-0.05, 0) is 31.6 Å². The number of amides is 3. The van der Waals surface area contributed by atoms with Crippen LogP contribution >= 0.6 is 12.6 Å². The zero-order valence-electron chi connectivity index (χ0n) is 11.4. The van der Waals surface area contributed by atoms with Gasteiger partial charge in [-0.2, -0.15) is 12.6 Å². The molecule has 0 radical (unpaired) electrons. The third-order valence-corrected chi connectivity index (χ3v) is 4.25. The molecule has 2 aliphatic rings. The predicted molar refractivity (Wildman–Crippen MR) is 75.3 cm³/mol. The molecule has 0 aromatic carbocycles. The highest BCUT2D eigenvalue weighted by molar-refractivity contribution is 7.80. The van der Waals surface area contributed by atoms with Crippen molar-refractivity contribution in [3.05, 3.63) is 0 Å². The van der Waals surface area contributed by atoms with Gasteiger partial charge in [-0.1, -0.05) is 6.92 Å². The summed E-state index contributed by atoms with van der Waals surface area (Å²) in [5, 5.41) is 2.90. The summed E-state index contributed by atoms with van der Waals surface area (Å²) in [5.74, 6) is 1.21. The van der Waals surface area contributed by atoms with Crippen molar-refractivity contribution >= 4 is 24.6 Å². The van der Waals surface area contributed by atoms with E-state index in [1.165, 1.54) is 4.90 Å². The van der Waals surface area contributed by atoms with Crippen molar-refractivity contribution < 1.29 is 14.3 Å². The summed E-state index contributed by atoms with van der Waals surface area (Å²) < 4.78 is 5.28. The Morgan fingerprint density at radius 2 is 2.05 bits per heavy atom. The van der Waals surface area contributed by atoms with Gasteiger partial charge in [-0.15, -0.1) is 0 Å². The molecule has 1 heterocycles. The van der Waals surface area contributed by atoms with Crippen molar-refractivity contribution in [1.82, 2.24) is 10.2 Å². The summed E-state index contributed by atoms with van der Waals surface area (Å²) in [7, 11) is 0. The van der Waals surface area contributed by atoms with Crippen molar-refractivity contribution in [2.24, 2.45) is 5.92 Å². The Labute approximate surface area is 119 Å². The molecule has 19 heavy (non-hydrogen) atoms. The van der Waals surface area contributed by atoms with Crippen LogP contribution in [0.1, 0.15) is 32.6 Å². The molecule has 5 nitrogen and oxygen atoms in total. The van der Waals surface area contributed by atoms with Gasteiger partial charge in [0.15, 0.2) is 0 Å². The molecule has 0 aromatic rings. The summed E-state index contributed by atoms with van der Waals surface area (Å²) in [6.45, 7) is 3.44. The first kappa shape index (κ1) is 14.7. The van der Waals surface area contributed by atoms with Gasteiger partial charge in [-0.3, -0.25) is 9.69 Å². The highest BCUT2D eigenvalue weighted by atomic mass is 32.1. The first-order valence-corrected chi connectivity index (χ1v) is 7.55. The van der Waals surface area contributed by atoms with Crippen LogP contribution in [0.15, 0.2) is 0 Å². The molecule has 1 aliphatic carbocycles. The largest absolute Gasteiger partial charge is 0.379 e. The Kier molecular flexibility index (Phi) is 4.73. The van der Waals surface area contributed by atoms with Crippen molar-refractivity contribution in [1.29, 1.82) is 0 Å². The summed E-state index contributed by atoms with van der Waals surface area (Å²) in [5.41, 5.74) is -0.632. The topological polar surface area (TPSA) is 58.6 Å². The second-order valence-electron chi connectivity index (χ2n) is 5.49. The molecule has 2 fully saturated rings. The van der Waals surface area contributed by atoms with Crippen LogP contribution in [-0.4, -0.2) is 47.9 Å². The second kappa shape index (κ2) is 6.13. The Balaban J connectivity index is 1.92. The molecule has 0 atom stereocenters. The molecule has 1 aliphatic heterocycles. The van der Waals surface area contributed by atoms with E-state index in [4.69, 9.17) is 4.74 Å². The molecular weight excluding hydrogens is 264 g/mol. The normalized spacial score (nSPS) is 31.1. The molecule has 1 saturated carbocycles. The predicted octanol–water partition coefficient (Wildman–Crippen LogP) is 1.43. The van der Waals surface area contributed by atoms with Crippen LogP contribution in [0, 0.1) is 5.92 Å². The zero-order chi connectivity index (χ0) is 13.9. The monoisotopic (exact) mass is 286 g/mol. The summed E-state index contributed by atoms with van der Waals surface area (Å²) in [6, 6.07) is -0.269. The number of carbonyl (C=O) groups is 2. The minimum Gasteiger partial charge on any atom is -0.379 e. The van der Waals surface area contributed by atoms with Gasteiger partial charge in [0, 0.05) is 5.75 Å². The lowest BCUT2D eigenvalue weighted by Crippen LogP contribution is -2.49. The maximum absolute atomic E-state index is 12.4. The number of hydrogen-bond donors (Lipinski definition) is 2. The van der Waals surface area contributed by atoms with Crippen molar-refractivity contribution in [3.63, 3.8) is 0 Å². The number of nitrogens with zero attached hydrogens (tertiary/aromatic N) is 1. The molecular formula is C13H22N2O3S. The number of hydrogen-bond acceptors (Lipinski definition) is 4. The molecule has 0 aromatic heterocycles. The number of urea groups is 1. The van der Waals surface area contributed by atoms with Crippen LogP contribution in [0.4, 0.5) is 4.79 Å². The van der Waals surface area contributed by atoms with Crippen molar-refractivity contribution in [2.45, 2.75) is 38.1 Å². The number of thiol groups is 1. The zero-order valence-corrected chi connectivity index (χ0v) is 12.2. The fraction of sp³-hybridized carbons (Fsp3) is 0.846. The number of carbonyl (C=O) groups excluding carboxylic acids is 2. The van der Waals surface area contributed by atoms with E-state index in [0.717, 1.165) is 25.7 Å². The lowest BCUT2D eigenvalue weighted by Gasteiger charge is -2.33. The Morgan fingerprint density at radius 3 is 2.68 bits per heavy atom. The maximum atomic E-state index is 12.4. The lowest BCUT2D eigenvalue weighted by molar-refractivity contribution is -0.133. The van der Waals surface area contributed by atoms with Gasteiger partial charge in [-0.25, -0.2) is 4.79 Å². The quantitative estimate of drug-likeness (QED) is 0.457. The molecule has 3 amide bonds. The van der Waals surface area contributed by atoms with E-state index in [1.807, 2.05) is 0 Å².